The standard InChI is InChI=1S/C11H18O5/c1-7(12)9(10(13)14-4)8-5-6-15-11(2,3)16-8/h8-9H,5-6H2,1-4H3. The minimum atomic E-state index is -0.854. The lowest BCUT2D eigenvalue weighted by Gasteiger charge is -2.37. The van der Waals surface area contributed by atoms with Crippen molar-refractivity contribution >= 4 is 11.8 Å². The lowest BCUT2D eigenvalue weighted by Crippen LogP contribution is -2.47. The molecule has 0 aromatic carbocycles. The molecule has 1 aliphatic rings. The normalized spacial score (nSPS) is 25.9. The van der Waals surface area contributed by atoms with Crippen LogP contribution in [0.3, 0.4) is 0 Å². The Labute approximate surface area is 95.0 Å². The van der Waals surface area contributed by atoms with Crippen LogP contribution in [-0.4, -0.2) is 37.4 Å². The highest BCUT2D eigenvalue weighted by Crippen LogP contribution is 2.27. The van der Waals surface area contributed by atoms with Crippen molar-refractivity contribution in [1.82, 2.24) is 0 Å². The Morgan fingerprint density at radius 2 is 2.06 bits per heavy atom. The van der Waals surface area contributed by atoms with Gasteiger partial charge in [0, 0.05) is 0 Å². The largest absolute Gasteiger partial charge is 0.468 e. The smallest absolute Gasteiger partial charge is 0.318 e. The average Bonchev–Trinajstić information content (AvgIpc) is 2.15. The van der Waals surface area contributed by atoms with Gasteiger partial charge in [-0.3, -0.25) is 9.59 Å². The van der Waals surface area contributed by atoms with E-state index in [-0.39, 0.29) is 5.78 Å². The molecule has 0 spiro atoms. The summed E-state index contributed by atoms with van der Waals surface area (Å²) in [7, 11) is 1.27. The molecule has 0 radical (unpaired) electrons. The molecule has 2 unspecified atom stereocenters. The van der Waals surface area contributed by atoms with Gasteiger partial charge in [-0.2, -0.15) is 0 Å². The van der Waals surface area contributed by atoms with Crippen molar-refractivity contribution < 1.29 is 23.8 Å². The van der Waals surface area contributed by atoms with Gasteiger partial charge < -0.3 is 14.2 Å². The molecule has 1 rings (SSSR count). The molecule has 5 heteroatoms. The molecule has 1 aliphatic heterocycles. The number of carbonyl (C=O) groups is 2. The summed E-state index contributed by atoms with van der Waals surface area (Å²) in [4.78, 5) is 22.9. The zero-order valence-electron chi connectivity index (χ0n) is 10.1. The van der Waals surface area contributed by atoms with Crippen molar-refractivity contribution in [3.05, 3.63) is 0 Å². The van der Waals surface area contributed by atoms with Crippen LogP contribution in [0, 0.1) is 5.92 Å². The van der Waals surface area contributed by atoms with E-state index >= 15 is 0 Å². The summed E-state index contributed by atoms with van der Waals surface area (Å²) in [6.45, 7) is 5.35. The second-order valence-corrected chi connectivity index (χ2v) is 4.30. The van der Waals surface area contributed by atoms with Crippen LogP contribution in [0.2, 0.25) is 0 Å². The SMILES string of the molecule is COC(=O)C(C(C)=O)C1CCOC(C)(C)O1. The van der Waals surface area contributed by atoms with E-state index in [4.69, 9.17) is 9.47 Å². The summed E-state index contributed by atoms with van der Waals surface area (Å²) in [5.74, 6) is -2.40. The number of rotatable bonds is 3. The van der Waals surface area contributed by atoms with Crippen molar-refractivity contribution in [2.45, 2.75) is 39.1 Å². The van der Waals surface area contributed by atoms with Crippen LogP contribution >= 0.6 is 0 Å². The fraction of sp³-hybridized carbons (Fsp3) is 0.818. The van der Waals surface area contributed by atoms with E-state index in [2.05, 4.69) is 4.74 Å². The molecule has 16 heavy (non-hydrogen) atoms. The fourth-order valence-electron chi connectivity index (χ4n) is 1.82. The molecule has 1 fully saturated rings. The number of hydrogen-bond donors (Lipinski definition) is 0. The second kappa shape index (κ2) is 4.93. The van der Waals surface area contributed by atoms with Gasteiger partial charge in [0.2, 0.25) is 0 Å². The van der Waals surface area contributed by atoms with E-state index in [1.807, 2.05) is 0 Å². The van der Waals surface area contributed by atoms with Crippen LogP contribution in [0.15, 0.2) is 0 Å². The highest BCUT2D eigenvalue weighted by atomic mass is 16.7. The number of Topliss-reactive ketones (excluding diaryl/α,β-unsaturated/α-hetero) is 1. The van der Waals surface area contributed by atoms with Crippen LogP contribution in [-0.2, 0) is 23.8 Å². The third-order valence-corrected chi connectivity index (χ3v) is 2.55. The first-order valence-corrected chi connectivity index (χ1v) is 5.27. The van der Waals surface area contributed by atoms with E-state index in [1.165, 1.54) is 14.0 Å². The van der Waals surface area contributed by atoms with E-state index in [9.17, 15) is 9.59 Å². The maximum absolute atomic E-state index is 11.5. The summed E-state index contributed by atoms with van der Waals surface area (Å²) < 4.78 is 15.5. The topological polar surface area (TPSA) is 61.8 Å². The van der Waals surface area contributed by atoms with Gasteiger partial charge in [0.05, 0.1) is 19.8 Å². The molecule has 5 nitrogen and oxygen atoms in total. The van der Waals surface area contributed by atoms with Crippen molar-refractivity contribution in [2.75, 3.05) is 13.7 Å². The molecule has 0 amide bonds. The number of methoxy groups -OCH3 is 1. The first-order valence-electron chi connectivity index (χ1n) is 5.27. The third kappa shape index (κ3) is 3.02. The molecule has 0 N–H and O–H groups in total. The van der Waals surface area contributed by atoms with Gasteiger partial charge in [-0.15, -0.1) is 0 Å². The second-order valence-electron chi connectivity index (χ2n) is 4.30. The van der Waals surface area contributed by atoms with Gasteiger partial charge in [0.15, 0.2) is 5.79 Å². The average molecular weight is 230 g/mol. The summed E-state index contributed by atoms with van der Waals surface area (Å²) >= 11 is 0. The van der Waals surface area contributed by atoms with Crippen molar-refractivity contribution in [2.24, 2.45) is 5.92 Å². The van der Waals surface area contributed by atoms with E-state index in [1.54, 1.807) is 13.8 Å². The predicted molar refractivity (Wildman–Crippen MR) is 55.7 cm³/mol. The monoisotopic (exact) mass is 230 g/mol. The number of carbonyl (C=O) groups excluding carboxylic acids is 2. The van der Waals surface area contributed by atoms with Gasteiger partial charge in [-0.1, -0.05) is 0 Å². The number of hydrogen-bond acceptors (Lipinski definition) is 5. The highest BCUT2D eigenvalue weighted by Gasteiger charge is 2.40. The lowest BCUT2D eigenvalue weighted by atomic mass is 9.95. The Morgan fingerprint density at radius 1 is 1.44 bits per heavy atom. The minimum Gasteiger partial charge on any atom is -0.468 e. The fourth-order valence-corrected chi connectivity index (χ4v) is 1.82. The lowest BCUT2D eigenvalue weighted by molar-refractivity contribution is -0.279. The van der Waals surface area contributed by atoms with Gasteiger partial charge in [-0.25, -0.2) is 0 Å². The Bertz CT molecular complexity index is 284. The zero-order valence-corrected chi connectivity index (χ0v) is 10.1. The molecule has 92 valence electrons. The molecule has 0 aromatic rings. The predicted octanol–water partition coefficient (Wildman–Crippen LogP) is 0.906. The van der Waals surface area contributed by atoms with E-state index in [0.717, 1.165) is 0 Å². The molecule has 2 atom stereocenters. The number of ether oxygens (including phenoxy) is 3. The summed E-state index contributed by atoms with van der Waals surface area (Å²) in [5.41, 5.74) is 0. The van der Waals surface area contributed by atoms with Gasteiger partial charge in [0.1, 0.15) is 11.7 Å². The Hall–Kier alpha value is -0.940. The first kappa shape index (κ1) is 13.1. The van der Waals surface area contributed by atoms with Crippen LogP contribution in [0.1, 0.15) is 27.2 Å². The molecule has 1 saturated heterocycles. The Kier molecular flexibility index (Phi) is 4.04. The van der Waals surface area contributed by atoms with Crippen LogP contribution < -0.4 is 0 Å². The summed E-state index contributed by atoms with van der Waals surface area (Å²) in [5, 5.41) is 0. The maximum atomic E-state index is 11.5. The van der Waals surface area contributed by atoms with Crippen LogP contribution in [0.25, 0.3) is 0 Å². The van der Waals surface area contributed by atoms with E-state index in [0.29, 0.717) is 13.0 Å². The van der Waals surface area contributed by atoms with Crippen molar-refractivity contribution in [3.8, 4) is 0 Å². The van der Waals surface area contributed by atoms with E-state index < -0.39 is 23.8 Å². The first-order chi connectivity index (χ1) is 7.37. The van der Waals surface area contributed by atoms with Crippen LogP contribution in [0.4, 0.5) is 0 Å². The van der Waals surface area contributed by atoms with Crippen molar-refractivity contribution in [3.63, 3.8) is 0 Å². The van der Waals surface area contributed by atoms with Gasteiger partial charge >= 0.3 is 5.97 Å². The quantitative estimate of drug-likeness (QED) is 0.532. The molecule has 1 heterocycles. The molecular formula is C11H18O5. The number of esters is 1. The molecule has 0 bridgehead atoms. The summed E-state index contributed by atoms with van der Waals surface area (Å²) in [6, 6.07) is 0. The Balaban J connectivity index is 2.79. The highest BCUT2D eigenvalue weighted by molar-refractivity contribution is 5.98. The maximum Gasteiger partial charge on any atom is 0.318 e. The van der Waals surface area contributed by atoms with Gasteiger partial charge in [0.25, 0.3) is 0 Å². The zero-order chi connectivity index (χ0) is 12.3. The molecule has 0 saturated carbocycles. The third-order valence-electron chi connectivity index (χ3n) is 2.55. The molecular weight excluding hydrogens is 212 g/mol. The summed E-state index contributed by atoms with van der Waals surface area (Å²) in [6.07, 6.45) is 0.0525. The van der Waals surface area contributed by atoms with Gasteiger partial charge in [-0.05, 0) is 27.2 Å². The number of ketones is 1. The molecule has 0 aromatic heterocycles. The Morgan fingerprint density at radius 3 is 2.50 bits per heavy atom. The molecule has 0 aliphatic carbocycles. The van der Waals surface area contributed by atoms with Crippen molar-refractivity contribution in [1.29, 1.82) is 0 Å². The van der Waals surface area contributed by atoms with Crippen LogP contribution in [0.5, 0.6) is 0 Å². The minimum absolute atomic E-state index is 0.241.